The highest BCUT2D eigenvalue weighted by Gasteiger charge is 2.16. The third-order valence-electron chi connectivity index (χ3n) is 3.04. The number of thiophene rings is 1. The second-order valence-electron chi connectivity index (χ2n) is 4.37. The van der Waals surface area contributed by atoms with E-state index in [-0.39, 0.29) is 6.61 Å². The molecule has 0 spiro atoms. The molecule has 1 aromatic carbocycles. The van der Waals surface area contributed by atoms with Gasteiger partial charge in [0, 0.05) is 5.02 Å². The summed E-state index contributed by atoms with van der Waals surface area (Å²) in [6.07, 6.45) is 0. The molecule has 0 aliphatic rings. The SMILES string of the molecule is Cc1ccc(-n2nnc(CO)c2-c2cccs2)cc1Cl. The predicted octanol–water partition coefficient (Wildman–Crippen LogP) is 3.45. The van der Waals surface area contributed by atoms with Gasteiger partial charge in [0.15, 0.2) is 0 Å². The Balaban J connectivity index is 2.19. The third kappa shape index (κ3) is 2.24. The molecule has 0 atom stereocenters. The van der Waals surface area contributed by atoms with Crippen LogP contribution >= 0.6 is 22.9 Å². The molecule has 0 unspecified atom stereocenters. The fourth-order valence-electron chi connectivity index (χ4n) is 1.97. The van der Waals surface area contributed by atoms with Crippen LogP contribution in [0.1, 0.15) is 11.3 Å². The zero-order chi connectivity index (χ0) is 14.1. The average molecular weight is 306 g/mol. The number of nitrogens with zero attached hydrogens (tertiary/aromatic N) is 3. The molecule has 3 aromatic rings. The summed E-state index contributed by atoms with van der Waals surface area (Å²) in [6.45, 7) is 1.81. The normalized spacial score (nSPS) is 10.9. The minimum atomic E-state index is -0.146. The molecule has 0 bridgehead atoms. The van der Waals surface area contributed by atoms with Crippen molar-refractivity contribution in [3.05, 3.63) is 52.0 Å². The molecule has 20 heavy (non-hydrogen) atoms. The summed E-state index contributed by atoms with van der Waals surface area (Å²) in [6, 6.07) is 9.67. The fraction of sp³-hybridized carbons (Fsp3) is 0.143. The summed E-state index contributed by atoms with van der Waals surface area (Å²) < 4.78 is 1.71. The van der Waals surface area contributed by atoms with Gasteiger partial charge in [0.2, 0.25) is 0 Å². The molecule has 0 radical (unpaired) electrons. The van der Waals surface area contributed by atoms with Crippen molar-refractivity contribution in [1.29, 1.82) is 0 Å². The maximum Gasteiger partial charge on any atom is 0.117 e. The van der Waals surface area contributed by atoms with E-state index in [1.54, 1.807) is 16.0 Å². The molecule has 0 amide bonds. The molecule has 0 fully saturated rings. The highest BCUT2D eigenvalue weighted by Crippen LogP contribution is 2.30. The minimum Gasteiger partial charge on any atom is -0.390 e. The number of rotatable bonds is 3. The van der Waals surface area contributed by atoms with Crippen LogP contribution in [0.15, 0.2) is 35.7 Å². The number of aliphatic hydroxyl groups is 1. The van der Waals surface area contributed by atoms with Crippen molar-refractivity contribution in [1.82, 2.24) is 15.0 Å². The summed E-state index contributed by atoms with van der Waals surface area (Å²) in [7, 11) is 0. The average Bonchev–Trinajstić information content (AvgIpc) is 3.09. The van der Waals surface area contributed by atoms with Crippen LogP contribution < -0.4 is 0 Å². The molecule has 6 heteroatoms. The lowest BCUT2D eigenvalue weighted by molar-refractivity contribution is 0.277. The molecule has 1 N–H and O–H groups in total. The molecule has 0 saturated heterocycles. The molecule has 3 rings (SSSR count). The van der Waals surface area contributed by atoms with Crippen molar-refractivity contribution >= 4 is 22.9 Å². The van der Waals surface area contributed by atoms with Gasteiger partial charge >= 0.3 is 0 Å². The number of hydrogen-bond acceptors (Lipinski definition) is 4. The van der Waals surface area contributed by atoms with Crippen LogP contribution in [-0.4, -0.2) is 20.1 Å². The first-order valence-electron chi connectivity index (χ1n) is 6.06. The first kappa shape index (κ1) is 13.3. The van der Waals surface area contributed by atoms with E-state index in [9.17, 15) is 5.11 Å². The highest BCUT2D eigenvalue weighted by molar-refractivity contribution is 7.13. The Morgan fingerprint density at radius 1 is 1.35 bits per heavy atom. The van der Waals surface area contributed by atoms with E-state index in [2.05, 4.69) is 10.3 Å². The van der Waals surface area contributed by atoms with Crippen LogP contribution in [0.4, 0.5) is 0 Å². The van der Waals surface area contributed by atoms with Crippen LogP contribution in [0.2, 0.25) is 5.02 Å². The van der Waals surface area contributed by atoms with Crippen molar-refractivity contribution in [2.45, 2.75) is 13.5 Å². The van der Waals surface area contributed by atoms with Crippen molar-refractivity contribution in [3.63, 3.8) is 0 Å². The van der Waals surface area contributed by atoms with Gasteiger partial charge in [-0.2, -0.15) is 0 Å². The van der Waals surface area contributed by atoms with E-state index in [1.165, 1.54) is 0 Å². The summed E-state index contributed by atoms with van der Waals surface area (Å²) in [4.78, 5) is 1.01. The highest BCUT2D eigenvalue weighted by atomic mass is 35.5. The summed E-state index contributed by atoms with van der Waals surface area (Å²) in [5, 5.41) is 20.3. The molecule has 2 aromatic heterocycles. The fourth-order valence-corrected chi connectivity index (χ4v) is 2.93. The van der Waals surface area contributed by atoms with E-state index >= 15 is 0 Å². The van der Waals surface area contributed by atoms with E-state index in [0.717, 1.165) is 21.8 Å². The van der Waals surface area contributed by atoms with Crippen molar-refractivity contribution in [2.24, 2.45) is 0 Å². The van der Waals surface area contributed by atoms with E-state index in [1.807, 2.05) is 42.6 Å². The zero-order valence-electron chi connectivity index (χ0n) is 10.7. The topological polar surface area (TPSA) is 50.9 Å². The second-order valence-corrected chi connectivity index (χ2v) is 5.72. The van der Waals surface area contributed by atoms with Gasteiger partial charge in [0.1, 0.15) is 11.4 Å². The van der Waals surface area contributed by atoms with E-state index in [4.69, 9.17) is 11.6 Å². The molecule has 4 nitrogen and oxygen atoms in total. The van der Waals surface area contributed by atoms with Gasteiger partial charge in [-0.3, -0.25) is 0 Å². The van der Waals surface area contributed by atoms with Crippen LogP contribution in [0.25, 0.3) is 16.3 Å². The molecule has 102 valence electrons. The minimum absolute atomic E-state index is 0.146. The second kappa shape index (κ2) is 5.36. The lowest BCUT2D eigenvalue weighted by Crippen LogP contribution is -1.99. The Hall–Kier alpha value is -1.69. The lowest BCUT2D eigenvalue weighted by atomic mass is 10.2. The standard InChI is InChI=1S/C14H12ClN3OS/c1-9-4-5-10(7-11(9)15)18-14(12(8-19)16-17-18)13-3-2-6-20-13/h2-7,19H,8H2,1H3. The molecule has 0 aliphatic heterocycles. The van der Waals surface area contributed by atoms with Gasteiger partial charge < -0.3 is 5.11 Å². The summed E-state index contributed by atoms with van der Waals surface area (Å²) >= 11 is 7.75. The molecule has 0 aliphatic carbocycles. The zero-order valence-corrected chi connectivity index (χ0v) is 12.3. The van der Waals surface area contributed by atoms with Crippen LogP contribution in [0.5, 0.6) is 0 Å². The van der Waals surface area contributed by atoms with Gasteiger partial charge in [0.25, 0.3) is 0 Å². The quantitative estimate of drug-likeness (QED) is 0.806. The summed E-state index contributed by atoms with van der Waals surface area (Å²) in [5.41, 5.74) is 3.21. The Bertz CT molecular complexity index is 737. The number of benzene rings is 1. The van der Waals surface area contributed by atoms with Gasteiger partial charge in [-0.15, -0.1) is 16.4 Å². The third-order valence-corrected chi connectivity index (χ3v) is 4.33. The van der Waals surface area contributed by atoms with Crippen molar-refractivity contribution < 1.29 is 5.11 Å². The monoisotopic (exact) mass is 305 g/mol. The molecular formula is C14H12ClN3OS. The van der Waals surface area contributed by atoms with Crippen LogP contribution in [0, 0.1) is 6.92 Å². The maximum absolute atomic E-state index is 9.44. The maximum atomic E-state index is 9.44. The van der Waals surface area contributed by atoms with Crippen molar-refractivity contribution in [2.75, 3.05) is 0 Å². The van der Waals surface area contributed by atoms with Gasteiger partial charge in [-0.05, 0) is 36.1 Å². The Labute approximate surface area is 125 Å². The van der Waals surface area contributed by atoms with Gasteiger partial charge in [-0.1, -0.05) is 28.9 Å². The first-order valence-corrected chi connectivity index (χ1v) is 7.32. The van der Waals surface area contributed by atoms with Gasteiger partial charge in [-0.25, -0.2) is 4.68 Å². The first-order chi connectivity index (χ1) is 9.70. The Morgan fingerprint density at radius 2 is 2.20 bits per heavy atom. The largest absolute Gasteiger partial charge is 0.390 e. The molecule has 0 saturated carbocycles. The Kier molecular flexibility index (Phi) is 3.56. The van der Waals surface area contributed by atoms with Crippen molar-refractivity contribution in [3.8, 4) is 16.3 Å². The number of halogens is 1. The van der Waals surface area contributed by atoms with Crippen LogP contribution in [-0.2, 0) is 6.61 Å². The smallest absolute Gasteiger partial charge is 0.117 e. The number of hydrogen-bond donors (Lipinski definition) is 1. The summed E-state index contributed by atoms with van der Waals surface area (Å²) in [5.74, 6) is 0. The number of aryl methyl sites for hydroxylation is 1. The van der Waals surface area contributed by atoms with E-state index in [0.29, 0.717) is 10.7 Å². The Morgan fingerprint density at radius 3 is 2.85 bits per heavy atom. The van der Waals surface area contributed by atoms with Crippen LogP contribution in [0.3, 0.4) is 0 Å². The predicted molar refractivity (Wildman–Crippen MR) is 80.3 cm³/mol. The molecular weight excluding hydrogens is 294 g/mol. The number of aromatic nitrogens is 3. The lowest BCUT2D eigenvalue weighted by Gasteiger charge is -2.07. The van der Waals surface area contributed by atoms with Gasteiger partial charge in [0.05, 0.1) is 17.2 Å². The van der Waals surface area contributed by atoms with E-state index < -0.39 is 0 Å². The number of aliphatic hydroxyl groups excluding tert-OH is 1. The molecule has 2 heterocycles.